The molecule has 1 nitrogen and oxygen atoms in total. The van der Waals surface area contributed by atoms with E-state index in [1.807, 2.05) is 0 Å². The van der Waals surface area contributed by atoms with Crippen LogP contribution in [0.1, 0.15) is 70.4 Å². The van der Waals surface area contributed by atoms with Gasteiger partial charge in [-0.15, -0.1) is 0 Å². The van der Waals surface area contributed by atoms with E-state index in [0.29, 0.717) is 11.5 Å². The van der Waals surface area contributed by atoms with Crippen LogP contribution >= 0.6 is 0 Å². The Balaban J connectivity index is 2.16. The molecule has 0 spiro atoms. The molecule has 0 aliphatic heterocycles. The van der Waals surface area contributed by atoms with E-state index in [-0.39, 0.29) is 0 Å². The Hall–Kier alpha value is -0.820. The van der Waals surface area contributed by atoms with E-state index in [2.05, 4.69) is 57.3 Å². The van der Waals surface area contributed by atoms with Gasteiger partial charge in [0.1, 0.15) is 0 Å². The Bertz CT molecular complexity index is 422. The Kier molecular flexibility index (Phi) is 5.26. The van der Waals surface area contributed by atoms with Gasteiger partial charge in [0.15, 0.2) is 0 Å². The van der Waals surface area contributed by atoms with Crippen LogP contribution in [0.4, 0.5) is 0 Å². The van der Waals surface area contributed by atoms with Crippen LogP contribution in [0, 0.1) is 5.41 Å². The Morgan fingerprint density at radius 2 is 2.00 bits per heavy atom. The molecule has 1 N–H and O–H groups in total. The molecule has 1 aromatic rings. The fraction of sp³-hybridized carbons (Fsp3) is 0.684. The number of rotatable bonds is 6. The predicted octanol–water partition coefficient (Wildman–Crippen LogP) is 4.91. The minimum Gasteiger partial charge on any atom is -0.314 e. The van der Waals surface area contributed by atoms with Crippen molar-refractivity contribution in [2.24, 2.45) is 5.41 Å². The van der Waals surface area contributed by atoms with Crippen LogP contribution in [0.3, 0.4) is 0 Å². The highest BCUT2D eigenvalue weighted by Crippen LogP contribution is 2.38. The maximum atomic E-state index is 3.75. The average molecular weight is 273 g/mol. The lowest BCUT2D eigenvalue weighted by molar-refractivity contribution is 0.208. The second-order valence-corrected chi connectivity index (χ2v) is 6.98. The van der Waals surface area contributed by atoms with E-state index in [0.717, 1.165) is 12.5 Å². The number of fused-ring (bicyclic) bond motifs is 1. The van der Waals surface area contributed by atoms with E-state index < -0.39 is 0 Å². The maximum absolute atomic E-state index is 3.75. The largest absolute Gasteiger partial charge is 0.314 e. The van der Waals surface area contributed by atoms with Crippen molar-refractivity contribution in [1.29, 1.82) is 0 Å². The molecule has 0 radical (unpaired) electrons. The number of hydrogen-bond acceptors (Lipinski definition) is 1. The summed E-state index contributed by atoms with van der Waals surface area (Å²) in [5.41, 5.74) is 3.59. The van der Waals surface area contributed by atoms with Gasteiger partial charge in [0.05, 0.1) is 0 Å². The van der Waals surface area contributed by atoms with Crippen molar-refractivity contribution in [1.82, 2.24) is 5.32 Å². The van der Waals surface area contributed by atoms with Crippen LogP contribution < -0.4 is 5.32 Å². The first-order chi connectivity index (χ1) is 9.58. The zero-order valence-corrected chi connectivity index (χ0v) is 13.7. The van der Waals surface area contributed by atoms with E-state index in [4.69, 9.17) is 0 Å². The van der Waals surface area contributed by atoms with Crippen LogP contribution in [-0.4, -0.2) is 12.6 Å². The first kappa shape index (κ1) is 15.6. The molecular weight excluding hydrogens is 242 g/mol. The average Bonchev–Trinajstić information content (AvgIpc) is 2.47. The van der Waals surface area contributed by atoms with Gasteiger partial charge in [-0.1, -0.05) is 52.0 Å². The second kappa shape index (κ2) is 6.76. The third kappa shape index (κ3) is 3.44. The number of aryl methyl sites for hydroxylation is 1. The summed E-state index contributed by atoms with van der Waals surface area (Å²) < 4.78 is 0. The molecule has 1 aliphatic rings. The molecule has 0 fully saturated rings. The molecule has 0 amide bonds. The second-order valence-electron chi connectivity index (χ2n) is 6.98. The van der Waals surface area contributed by atoms with Crippen molar-refractivity contribution < 1.29 is 0 Å². The standard InChI is InChI=1S/C19H31N/c1-5-19(3,4)18(20-6-2)14-16-12-9-11-15-10-7-8-13-17(15)16/h7-8,10,13,16,18,20H,5-6,9,11-12,14H2,1-4H3. The molecule has 0 bridgehead atoms. The molecule has 2 atom stereocenters. The van der Waals surface area contributed by atoms with Gasteiger partial charge in [-0.2, -0.15) is 0 Å². The topological polar surface area (TPSA) is 12.0 Å². The van der Waals surface area contributed by atoms with Gasteiger partial charge in [0.2, 0.25) is 0 Å². The first-order valence-corrected chi connectivity index (χ1v) is 8.39. The molecule has 1 heteroatoms. The summed E-state index contributed by atoms with van der Waals surface area (Å²) in [6.07, 6.45) is 6.51. The minimum atomic E-state index is 0.377. The van der Waals surface area contributed by atoms with Crippen LogP contribution in [0.25, 0.3) is 0 Å². The molecule has 1 aliphatic carbocycles. The summed E-state index contributed by atoms with van der Waals surface area (Å²) in [6, 6.07) is 9.72. The molecule has 0 heterocycles. The van der Waals surface area contributed by atoms with Gasteiger partial charge < -0.3 is 5.32 Å². The summed E-state index contributed by atoms with van der Waals surface area (Å²) in [7, 11) is 0. The summed E-state index contributed by atoms with van der Waals surface area (Å²) in [5, 5.41) is 3.75. The smallest absolute Gasteiger partial charge is 0.0124 e. The molecule has 0 saturated heterocycles. The van der Waals surface area contributed by atoms with Gasteiger partial charge >= 0.3 is 0 Å². The third-order valence-corrected chi connectivity index (χ3v) is 5.32. The summed E-state index contributed by atoms with van der Waals surface area (Å²) in [5.74, 6) is 0.745. The van der Waals surface area contributed by atoms with Crippen molar-refractivity contribution >= 4 is 0 Å². The Morgan fingerprint density at radius 3 is 2.70 bits per heavy atom. The number of benzene rings is 1. The van der Waals surface area contributed by atoms with Crippen molar-refractivity contribution in [3.8, 4) is 0 Å². The van der Waals surface area contributed by atoms with Gasteiger partial charge in [0.25, 0.3) is 0 Å². The lowest BCUT2D eigenvalue weighted by atomic mass is 9.73. The summed E-state index contributed by atoms with van der Waals surface area (Å²) >= 11 is 0. The van der Waals surface area contributed by atoms with Gasteiger partial charge in [-0.05, 0) is 61.1 Å². The quantitative estimate of drug-likeness (QED) is 0.776. The summed E-state index contributed by atoms with van der Waals surface area (Å²) in [4.78, 5) is 0. The van der Waals surface area contributed by atoms with E-state index in [1.165, 1.54) is 32.1 Å². The molecule has 112 valence electrons. The molecular formula is C19H31N. The normalized spacial score (nSPS) is 20.5. The van der Waals surface area contributed by atoms with Gasteiger partial charge in [-0.25, -0.2) is 0 Å². The van der Waals surface area contributed by atoms with Crippen LogP contribution in [-0.2, 0) is 6.42 Å². The first-order valence-electron chi connectivity index (χ1n) is 8.39. The highest BCUT2D eigenvalue weighted by atomic mass is 14.9. The van der Waals surface area contributed by atoms with E-state index >= 15 is 0 Å². The lowest BCUT2D eigenvalue weighted by Gasteiger charge is -2.38. The van der Waals surface area contributed by atoms with Crippen LogP contribution in [0.5, 0.6) is 0 Å². The molecule has 2 rings (SSSR count). The molecule has 2 unspecified atom stereocenters. The molecule has 20 heavy (non-hydrogen) atoms. The summed E-state index contributed by atoms with van der Waals surface area (Å²) in [6.45, 7) is 10.4. The van der Waals surface area contributed by atoms with Gasteiger partial charge in [0, 0.05) is 6.04 Å². The van der Waals surface area contributed by atoms with E-state index in [9.17, 15) is 0 Å². The van der Waals surface area contributed by atoms with E-state index in [1.54, 1.807) is 11.1 Å². The monoisotopic (exact) mass is 273 g/mol. The zero-order valence-electron chi connectivity index (χ0n) is 13.7. The van der Waals surface area contributed by atoms with Crippen molar-refractivity contribution in [2.75, 3.05) is 6.54 Å². The van der Waals surface area contributed by atoms with Crippen molar-refractivity contribution in [3.05, 3.63) is 35.4 Å². The van der Waals surface area contributed by atoms with Crippen molar-refractivity contribution in [3.63, 3.8) is 0 Å². The van der Waals surface area contributed by atoms with Crippen LogP contribution in [0.15, 0.2) is 24.3 Å². The zero-order chi connectivity index (χ0) is 14.6. The number of nitrogens with one attached hydrogen (secondary N) is 1. The maximum Gasteiger partial charge on any atom is 0.0124 e. The fourth-order valence-electron chi connectivity index (χ4n) is 3.56. The molecule has 0 saturated carbocycles. The Labute approximate surface area is 125 Å². The van der Waals surface area contributed by atoms with Crippen LogP contribution in [0.2, 0.25) is 0 Å². The highest BCUT2D eigenvalue weighted by molar-refractivity contribution is 5.32. The third-order valence-electron chi connectivity index (χ3n) is 5.32. The molecule has 0 aromatic heterocycles. The molecule has 1 aromatic carbocycles. The van der Waals surface area contributed by atoms with Gasteiger partial charge in [-0.3, -0.25) is 0 Å². The SMILES string of the molecule is CCNC(CC1CCCc2ccccc21)C(C)(C)CC. The Morgan fingerprint density at radius 1 is 1.25 bits per heavy atom. The lowest BCUT2D eigenvalue weighted by Crippen LogP contribution is -2.43. The predicted molar refractivity (Wildman–Crippen MR) is 88.3 cm³/mol. The number of hydrogen-bond donors (Lipinski definition) is 1. The highest BCUT2D eigenvalue weighted by Gasteiger charge is 2.31. The fourth-order valence-corrected chi connectivity index (χ4v) is 3.56. The minimum absolute atomic E-state index is 0.377. The van der Waals surface area contributed by atoms with Crippen molar-refractivity contribution in [2.45, 2.75) is 71.8 Å².